The highest BCUT2D eigenvalue weighted by molar-refractivity contribution is 5.68. The second kappa shape index (κ2) is 5.94. The number of methoxy groups -OCH3 is 2. The number of ether oxygens (including phenoxy) is 3. The summed E-state index contributed by atoms with van der Waals surface area (Å²) in [5.74, 6) is -0.858. The molecule has 4 nitrogen and oxygen atoms in total. The molecule has 0 N–H and O–H groups in total. The molecule has 0 saturated carbocycles. The molecular weight excluding hydrogens is 172 g/mol. The molecule has 0 aliphatic heterocycles. The van der Waals surface area contributed by atoms with Crippen LogP contribution in [0.5, 0.6) is 0 Å². The van der Waals surface area contributed by atoms with E-state index >= 15 is 0 Å². The second-order valence-corrected chi connectivity index (χ2v) is 2.87. The summed E-state index contributed by atoms with van der Waals surface area (Å²) in [7, 11) is 3.12. The molecule has 0 heterocycles. The summed E-state index contributed by atoms with van der Waals surface area (Å²) in [5, 5.41) is 0. The van der Waals surface area contributed by atoms with Crippen molar-refractivity contribution in [1.82, 2.24) is 0 Å². The Labute approximate surface area is 79.2 Å². The van der Waals surface area contributed by atoms with Crippen LogP contribution < -0.4 is 0 Å². The summed E-state index contributed by atoms with van der Waals surface area (Å²) in [4.78, 5) is 10.8. The SMILES string of the molecule is CCC(=O)OCCC(C)(OC)OC. The van der Waals surface area contributed by atoms with E-state index in [4.69, 9.17) is 14.2 Å². The van der Waals surface area contributed by atoms with Crippen LogP contribution in [0.15, 0.2) is 0 Å². The molecule has 0 radical (unpaired) electrons. The number of hydrogen-bond acceptors (Lipinski definition) is 4. The highest BCUT2D eigenvalue weighted by Crippen LogP contribution is 2.14. The van der Waals surface area contributed by atoms with Gasteiger partial charge in [-0.2, -0.15) is 0 Å². The molecule has 13 heavy (non-hydrogen) atoms. The van der Waals surface area contributed by atoms with Gasteiger partial charge in [-0.3, -0.25) is 4.79 Å². The Morgan fingerprint density at radius 3 is 2.23 bits per heavy atom. The molecule has 0 aliphatic rings. The van der Waals surface area contributed by atoms with Gasteiger partial charge in [0.25, 0.3) is 0 Å². The van der Waals surface area contributed by atoms with Crippen LogP contribution in [0.1, 0.15) is 26.7 Å². The van der Waals surface area contributed by atoms with Crippen LogP contribution in [0, 0.1) is 0 Å². The van der Waals surface area contributed by atoms with Crippen molar-refractivity contribution >= 4 is 5.97 Å². The third-order valence-electron chi connectivity index (χ3n) is 1.97. The Morgan fingerprint density at radius 2 is 1.85 bits per heavy atom. The monoisotopic (exact) mass is 190 g/mol. The van der Waals surface area contributed by atoms with Crippen molar-refractivity contribution in [2.75, 3.05) is 20.8 Å². The van der Waals surface area contributed by atoms with E-state index in [0.29, 0.717) is 19.4 Å². The molecule has 0 amide bonds. The number of rotatable bonds is 6. The molecular formula is C9H18O4. The predicted molar refractivity (Wildman–Crippen MR) is 48.3 cm³/mol. The van der Waals surface area contributed by atoms with Crippen molar-refractivity contribution in [1.29, 1.82) is 0 Å². The Balaban J connectivity index is 3.67. The van der Waals surface area contributed by atoms with Crippen LogP contribution in [-0.4, -0.2) is 32.6 Å². The molecule has 0 aromatic heterocycles. The van der Waals surface area contributed by atoms with Crippen LogP contribution >= 0.6 is 0 Å². The van der Waals surface area contributed by atoms with E-state index in [1.165, 1.54) is 0 Å². The van der Waals surface area contributed by atoms with Gasteiger partial charge in [-0.1, -0.05) is 6.92 Å². The zero-order valence-corrected chi connectivity index (χ0v) is 8.75. The Kier molecular flexibility index (Phi) is 5.66. The zero-order valence-electron chi connectivity index (χ0n) is 8.75. The first-order valence-corrected chi connectivity index (χ1v) is 4.34. The van der Waals surface area contributed by atoms with E-state index in [-0.39, 0.29) is 5.97 Å². The molecule has 0 spiro atoms. The van der Waals surface area contributed by atoms with Crippen molar-refractivity contribution in [3.05, 3.63) is 0 Å². The van der Waals surface area contributed by atoms with Crippen molar-refractivity contribution in [2.45, 2.75) is 32.5 Å². The fraction of sp³-hybridized carbons (Fsp3) is 0.889. The number of esters is 1. The molecule has 4 heteroatoms. The summed E-state index contributed by atoms with van der Waals surface area (Å²) in [6.45, 7) is 3.88. The largest absolute Gasteiger partial charge is 0.465 e. The summed E-state index contributed by atoms with van der Waals surface area (Å²) < 4.78 is 15.1. The normalized spacial score (nSPS) is 11.4. The molecule has 0 atom stereocenters. The topological polar surface area (TPSA) is 44.8 Å². The van der Waals surface area contributed by atoms with Crippen molar-refractivity contribution in [3.8, 4) is 0 Å². The van der Waals surface area contributed by atoms with Crippen LogP contribution in [-0.2, 0) is 19.0 Å². The molecule has 0 fully saturated rings. The van der Waals surface area contributed by atoms with Gasteiger partial charge in [-0.15, -0.1) is 0 Å². The minimum absolute atomic E-state index is 0.199. The van der Waals surface area contributed by atoms with Crippen LogP contribution in [0.2, 0.25) is 0 Å². The molecule has 0 saturated heterocycles. The molecule has 0 aromatic carbocycles. The standard InChI is InChI=1S/C9H18O4/c1-5-8(10)13-7-6-9(2,11-3)12-4/h5-7H2,1-4H3. The highest BCUT2D eigenvalue weighted by Gasteiger charge is 2.22. The quantitative estimate of drug-likeness (QED) is 0.468. The van der Waals surface area contributed by atoms with Gasteiger partial charge in [-0.05, 0) is 6.92 Å². The average Bonchev–Trinajstić information content (AvgIpc) is 2.17. The van der Waals surface area contributed by atoms with Crippen LogP contribution in [0.25, 0.3) is 0 Å². The maximum Gasteiger partial charge on any atom is 0.305 e. The summed E-state index contributed by atoms with van der Waals surface area (Å²) in [6, 6.07) is 0. The van der Waals surface area contributed by atoms with Crippen LogP contribution in [0.4, 0.5) is 0 Å². The molecule has 0 aliphatic carbocycles. The maximum absolute atomic E-state index is 10.8. The van der Waals surface area contributed by atoms with Gasteiger partial charge < -0.3 is 14.2 Å². The summed E-state index contributed by atoms with van der Waals surface area (Å²) in [6.07, 6.45) is 0.933. The lowest BCUT2D eigenvalue weighted by molar-refractivity contribution is -0.203. The fourth-order valence-corrected chi connectivity index (χ4v) is 0.740. The van der Waals surface area contributed by atoms with Gasteiger partial charge in [0.15, 0.2) is 5.79 Å². The third-order valence-corrected chi connectivity index (χ3v) is 1.97. The van der Waals surface area contributed by atoms with E-state index in [0.717, 1.165) is 0 Å². The minimum atomic E-state index is -0.659. The van der Waals surface area contributed by atoms with Gasteiger partial charge in [0, 0.05) is 27.1 Å². The molecule has 78 valence electrons. The lowest BCUT2D eigenvalue weighted by Gasteiger charge is -2.25. The van der Waals surface area contributed by atoms with Gasteiger partial charge >= 0.3 is 5.97 Å². The highest BCUT2D eigenvalue weighted by atomic mass is 16.7. The third kappa shape index (κ3) is 4.85. The molecule has 0 unspecified atom stereocenters. The first kappa shape index (κ1) is 12.4. The van der Waals surface area contributed by atoms with Gasteiger partial charge in [-0.25, -0.2) is 0 Å². The van der Waals surface area contributed by atoms with E-state index in [2.05, 4.69) is 0 Å². The average molecular weight is 190 g/mol. The first-order valence-electron chi connectivity index (χ1n) is 4.34. The minimum Gasteiger partial charge on any atom is -0.465 e. The first-order chi connectivity index (χ1) is 6.08. The fourth-order valence-electron chi connectivity index (χ4n) is 0.740. The van der Waals surface area contributed by atoms with E-state index in [1.807, 2.05) is 0 Å². The Hall–Kier alpha value is -0.610. The van der Waals surface area contributed by atoms with Gasteiger partial charge in [0.2, 0.25) is 0 Å². The molecule has 0 rings (SSSR count). The predicted octanol–water partition coefficient (Wildman–Crippen LogP) is 1.34. The van der Waals surface area contributed by atoms with Gasteiger partial charge in [0.1, 0.15) is 0 Å². The summed E-state index contributed by atoms with van der Waals surface area (Å²) in [5.41, 5.74) is 0. The lowest BCUT2D eigenvalue weighted by atomic mass is 10.2. The number of carbonyl (C=O) groups excluding carboxylic acids is 1. The van der Waals surface area contributed by atoms with Crippen LogP contribution in [0.3, 0.4) is 0 Å². The van der Waals surface area contributed by atoms with E-state index in [1.54, 1.807) is 28.1 Å². The van der Waals surface area contributed by atoms with Crippen molar-refractivity contribution in [2.24, 2.45) is 0 Å². The summed E-state index contributed by atoms with van der Waals surface area (Å²) >= 11 is 0. The van der Waals surface area contributed by atoms with Crippen molar-refractivity contribution in [3.63, 3.8) is 0 Å². The smallest absolute Gasteiger partial charge is 0.305 e. The number of carbonyl (C=O) groups is 1. The Morgan fingerprint density at radius 1 is 1.31 bits per heavy atom. The molecule has 0 bridgehead atoms. The Bertz CT molecular complexity index is 152. The molecule has 0 aromatic rings. The zero-order chi connectivity index (χ0) is 10.3. The van der Waals surface area contributed by atoms with E-state index < -0.39 is 5.79 Å². The second-order valence-electron chi connectivity index (χ2n) is 2.87. The number of hydrogen-bond donors (Lipinski definition) is 0. The van der Waals surface area contributed by atoms with E-state index in [9.17, 15) is 4.79 Å². The lowest BCUT2D eigenvalue weighted by Crippen LogP contribution is -2.31. The van der Waals surface area contributed by atoms with Crippen molar-refractivity contribution < 1.29 is 19.0 Å². The maximum atomic E-state index is 10.8. The van der Waals surface area contributed by atoms with Gasteiger partial charge in [0.05, 0.1) is 6.61 Å².